The molecule has 4 nitrogen and oxygen atoms in total. The molecule has 0 radical (unpaired) electrons. The fourth-order valence-corrected chi connectivity index (χ4v) is 3.58. The number of rotatable bonds is 3. The second-order valence-corrected chi connectivity index (χ2v) is 7.71. The highest BCUT2D eigenvalue weighted by molar-refractivity contribution is 14.1. The van der Waals surface area contributed by atoms with E-state index in [1.807, 2.05) is 25.1 Å². The number of piperidine rings is 1. The minimum Gasteiger partial charge on any atom is -0.338 e. The average Bonchev–Trinajstić information content (AvgIpc) is 2.65. The molecule has 0 unspecified atom stereocenters. The molecular formula is C20H20FIN2O2. The predicted octanol–water partition coefficient (Wildman–Crippen LogP) is 4.23. The summed E-state index contributed by atoms with van der Waals surface area (Å²) in [6.45, 7) is 3.01. The number of halogens is 2. The van der Waals surface area contributed by atoms with Gasteiger partial charge >= 0.3 is 0 Å². The van der Waals surface area contributed by atoms with Crippen molar-refractivity contribution in [2.24, 2.45) is 5.92 Å². The lowest BCUT2D eigenvalue weighted by molar-refractivity contribution is -0.121. The Bertz CT molecular complexity index is 823. The van der Waals surface area contributed by atoms with Gasteiger partial charge in [-0.3, -0.25) is 9.59 Å². The fraction of sp³-hybridized carbons (Fsp3) is 0.300. The van der Waals surface area contributed by atoms with Crippen molar-refractivity contribution in [1.82, 2.24) is 4.90 Å². The quantitative estimate of drug-likeness (QED) is 0.689. The first-order valence-corrected chi connectivity index (χ1v) is 9.64. The molecule has 1 fully saturated rings. The van der Waals surface area contributed by atoms with E-state index in [0.29, 0.717) is 18.7 Å². The third kappa shape index (κ3) is 4.41. The van der Waals surface area contributed by atoms with E-state index in [-0.39, 0.29) is 23.5 Å². The lowest BCUT2D eigenvalue weighted by Gasteiger charge is -2.32. The van der Waals surface area contributed by atoms with Gasteiger partial charge in [-0.15, -0.1) is 0 Å². The Morgan fingerprint density at radius 1 is 1.19 bits per heavy atom. The zero-order valence-corrected chi connectivity index (χ0v) is 16.6. The zero-order chi connectivity index (χ0) is 18.7. The number of amides is 2. The number of anilines is 1. The van der Waals surface area contributed by atoms with Crippen molar-refractivity contribution in [2.75, 3.05) is 18.4 Å². The van der Waals surface area contributed by atoms with Crippen LogP contribution in [-0.4, -0.2) is 29.8 Å². The Hall–Kier alpha value is -1.96. The zero-order valence-electron chi connectivity index (χ0n) is 14.5. The molecule has 26 heavy (non-hydrogen) atoms. The third-order valence-electron chi connectivity index (χ3n) is 4.61. The van der Waals surface area contributed by atoms with E-state index >= 15 is 0 Å². The molecule has 6 heteroatoms. The summed E-state index contributed by atoms with van der Waals surface area (Å²) in [5, 5.41) is 2.96. The van der Waals surface area contributed by atoms with Gasteiger partial charge in [-0.25, -0.2) is 4.39 Å². The van der Waals surface area contributed by atoms with Gasteiger partial charge < -0.3 is 10.2 Å². The summed E-state index contributed by atoms with van der Waals surface area (Å²) >= 11 is 2.24. The minimum atomic E-state index is -0.370. The minimum absolute atomic E-state index is 0.0683. The molecule has 0 aromatic heterocycles. The molecule has 2 aromatic carbocycles. The molecule has 0 saturated carbocycles. The second kappa shape index (κ2) is 8.16. The monoisotopic (exact) mass is 466 g/mol. The van der Waals surface area contributed by atoms with Crippen molar-refractivity contribution in [3.05, 3.63) is 63.0 Å². The van der Waals surface area contributed by atoms with Gasteiger partial charge in [-0.1, -0.05) is 6.07 Å². The lowest BCUT2D eigenvalue weighted by atomic mass is 9.96. The number of hydrogen-bond donors (Lipinski definition) is 1. The largest absolute Gasteiger partial charge is 0.338 e. The van der Waals surface area contributed by atoms with E-state index < -0.39 is 0 Å². The van der Waals surface area contributed by atoms with Crippen molar-refractivity contribution in [2.45, 2.75) is 19.8 Å². The molecule has 0 aliphatic carbocycles. The molecule has 1 aliphatic rings. The Labute approximate surface area is 165 Å². The van der Waals surface area contributed by atoms with E-state index in [0.717, 1.165) is 27.7 Å². The number of nitrogens with one attached hydrogen (secondary N) is 1. The van der Waals surface area contributed by atoms with E-state index in [9.17, 15) is 14.0 Å². The van der Waals surface area contributed by atoms with E-state index in [2.05, 4.69) is 27.9 Å². The van der Waals surface area contributed by atoms with Crippen LogP contribution in [0.15, 0.2) is 42.5 Å². The van der Waals surface area contributed by atoms with Crippen LogP contribution in [-0.2, 0) is 4.79 Å². The van der Waals surface area contributed by atoms with Gasteiger partial charge in [0.25, 0.3) is 5.91 Å². The van der Waals surface area contributed by atoms with Crippen molar-refractivity contribution in [3.8, 4) is 0 Å². The molecule has 1 saturated heterocycles. The smallest absolute Gasteiger partial charge is 0.253 e. The summed E-state index contributed by atoms with van der Waals surface area (Å²) in [5.74, 6) is -0.842. The highest BCUT2D eigenvalue weighted by atomic mass is 127. The van der Waals surface area contributed by atoms with Gasteiger partial charge in [0.05, 0.1) is 5.92 Å². The maximum atomic E-state index is 13.0. The average molecular weight is 466 g/mol. The van der Waals surface area contributed by atoms with Crippen LogP contribution in [0.1, 0.15) is 28.8 Å². The molecule has 2 amide bonds. The summed E-state index contributed by atoms with van der Waals surface area (Å²) in [6.07, 6.45) is 1.53. The van der Waals surface area contributed by atoms with Gasteiger partial charge in [-0.2, -0.15) is 0 Å². The van der Waals surface area contributed by atoms with Crippen LogP contribution in [0, 0.1) is 22.2 Å². The SMILES string of the molecule is Cc1ccc(NC(=O)[C@@H]2CCCN(C(=O)c3ccc(F)cc3)C2)cc1I. The van der Waals surface area contributed by atoms with E-state index in [4.69, 9.17) is 0 Å². The second-order valence-electron chi connectivity index (χ2n) is 6.55. The highest BCUT2D eigenvalue weighted by Crippen LogP contribution is 2.22. The molecule has 1 N–H and O–H groups in total. The van der Waals surface area contributed by atoms with Crippen LogP contribution in [0.5, 0.6) is 0 Å². The lowest BCUT2D eigenvalue weighted by Crippen LogP contribution is -2.43. The van der Waals surface area contributed by atoms with Crippen LogP contribution in [0.3, 0.4) is 0 Å². The summed E-state index contributed by atoms with van der Waals surface area (Å²) in [7, 11) is 0. The predicted molar refractivity (Wildman–Crippen MR) is 108 cm³/mol. The molecule has 3 rings (SSSR count). The van der Waals surface area contributed by atoms with Gasteiger partial charge in [0.15, 0.2) is 0 Å². The standard InChI is InChI=1S/C20H20FIN2O2/c1-13-4-9-17(11-18(13)22)23-19(25)15-3-2-10-24(12-15)20(26)14-5-7-16(21)8-6-14/h4-9,11,15H,2-3,10,12H2,1H3,(H,23,25)/t15-/m1/s1. The van der Waals surface area contributed by atoms with Crippen LogP contribution in [0.2, 0.25) is 0 Å². The van der Waals surface area contributed by atoms with E-state index in [1.165, 1.54) is 24.3 Å². The van der Waals surface area contributed by atoms with Crippen LogP contribution >= 0.6 is 22.6 Å². The van der Waals surface area contributed by atoms with Crippen molar-refractivity contribution >= 4 is 40.1 Å². The molecule has 1 atom stereocenters. The third-order valence-corrected chi connectivity index (χ3v) is 5.77. The van der Waals surface area contributed by atoms with Gasteiger partial charge in [0, 0.05) is 27.9 Å². The summed E-state index contributed by atoms with van der Waals surface area (Å²) in [4.78, 5) is 26.9. The summed E-state index contributed by atoms with van der Waals surface area (Å²) in [5.41, 5.74) is 2.38. The molecule has 2 aromatic rings. The molecular weight excluding hydrogens is 446 g/mol. The van der Waals surface area contributed by atoms with Crippen LogP contribution < -0.4 is 5.32 Å². The first-order valence-electron chi connectivity index (χ1n) is 8.56. The van der Waals surface area contributed by atoms with Crippen molar-refractivity contribution < 1.29 is 14.0 Å². The van der Waals surface area contributed by atoms with Crippen LogP contribution in [0.25, 0.3) is 0 Å². The van der Waals surface area contributed by atoms with Crippen LogP contribution in [0.4, 0.5) is 10.1 Å². The Morgan fingerprint density at radius 3 is 2.62 bits per heavy atom. The number of carbonyl (C=O) groups is 2. The first kappa shape index (κ1) is 18.8. The normalized spacial score (nSPS) is 17.0. The Morgan fingerprint density at radius 2 is 1.92 bits per heavy atom. The summed E-state index contributed by atoms with van der Waals surface area (Å²) < 4.78 is 14.1. The molecule has 1 aliphatic heterocycles. The molecule has 136 valence electrons. The van der Waals surface area contributed by atoms with Gasteiger partial charge in [0.2, 0.25) is 5.91 Å². The highest BCUT2D eigenvalue weighted by Gasteiger charge is 2.29. The maximum absolute atomic E-state index is 13.0. The number of nitrogens with zero attached hydrogens (tertiary/aromatic N) is 1. The maximum Gasteiger partial charge on any atom is 0.253 e. The van der Waals surface area contributed by atoms with E-state index in [1.54, 1.807) is 4.90 Å². The van der Waals surface area contributed by atoms with Crippen molar-refractivity contribution in [3.63, 3.8) is 0 Å². The number of hydrogen-bond acceptors (Lipinski definition) is 2. The number of likely N-dealkylation sites (tertiary alicyclic amines) is 1. The summed E-state index contributed by atoms with van der Waals surface area (Å²) in [6, 6.07) is 11.3. The Kier molecular flexibility index (Phi) is 5.90. The fourth-order valence-electron chi connectivity index (χ4n) is 3.07. The van der Waals surface area contributed by atoms with Gasteiger partial charge in [-0.05, 0) is 84.3 Å². The molecule has 0 spiro atoms. The van der Waals surface area contributed by atoms with Crippen molar-refractivity contribution in [1.29, 1.82) is 0 Å². The number of carbonyl (C=O) groups excluding carboxylic acids is 2. The molecule has 0 bridgehead atoms. The first-order chi connectivity index (χ1) is 12.4. The number of aryl methyl sites for hydroxylation is 1. The topological polar surface area (TPSA) is 49.4 Å². The van der Waals surface area contributed by atoms with Gasteiger partial charge in [0.1, 0.15) is 5.82 Å². The molecule has 1 heterocycles. The number of benzene rings is 2. The Balaban J connectivity index is 1.65.